The van der Waals surface area contributed by atoms with Crippen LogP contribution in [0.25, 0.3) is 0 Å². The average Bonchev–Trinajstić information content (AvgIpc) is 2.55. The second-order valence-electron chi connectivity index (χ2n) is 5.55. The summed E-state index contributed by atoms with van der Waals surface area (Å²) in [4.78, 5) is 13.1. The van der Waals surface area contributed by atoms with Gasteiger partial charge in [-0.1, -0.05) is 18.2 Å². The van der Waals surface area contributed by atoms with Crippen LogP contribution in [-0.4, -0.2) is 30.4 Å². The van der Waals surface area contributed by atoms with Crippen molar-refractivity contribution in [3.05, 3.63) is 59.7 Å². The molecule has 0 aliphatic rings. The molecule has 0 fully saturated rings. The summed E-state index contributed by atoms with van der Waals surface area (Å²) in [5, 5.41) is 13.1. The van der Waals surface area contributed by atoms with E-state index in [0.717, 1.165) is 11.3 Å². The first-order valence-electron chi connectivity index (χ1n) is 7.42. The molecule has 120 valence electrons. The summed E-state index contributed by atoms with van der Waals surface area (Å²) >= 11 is 0. The third-order valence-electron chi connectivity index (χ3n) is 3.59. The summed E-state index contributed by atoms with van der Waals surface area (Å²) in [6.45, 7) is 4.29. The summed E-state index contributed by atoms with van der Waals surface area (Å²) in [7, 11) is 2.06. The van der Waals surface area contributed by atoms with Crippen LogP contribution < -0.4 is 10.3 Å². The molecule has 2 N–H and O–H groups in total. The average molecular weight is 311 g/mol. The molecule has 0 saturated carbocycles. The second kappa shape index (κ2) is 7.45. The zero-order valence-electron chi connectivity index (χ0n) is 13.5. The molecule has 0 bridgehead atoms. The molecule has 0 aliphatic heterocycles. The van der Waals surface area contributed by atoms with Gasteiger partial charge in [-0.15, -0.1) is 0 Å². The van der Waals surface area contributed by atoms with Crippen LogP contribution in [0.1, 0.15) is 29.8 Å². The number of nitrogens with zero attached hydrogens (tertiary/aromatic N) is 2. The maximum absolute atomic E-state index is 10.9. The Hall–Kier alpha value is -2.82. The maximum atomic E-state index is 10.9. The normalized spacial score (nSPS) is 11.0. The predicted molar refractivity (Wildman–Crippen MR) is 94.6 cm³/mol. The highest BCUT2D eigenvalue weighted by Gasteiger charge is 2.04. The van der Waals surface area contributed by atoms with E-state index < -0.39 is 5.97 Å². The molecule has 5 nitrogen and oxygen atoms in total. The Balaban J connectivity index is 2.01. The highest BCUT2D eigenvalue weighted by atomic mass is 16.4. The molecule has 2 aromatic rings. The zero-order valence-corrected chi connectivity index (χ0v) is 13.5. The molecule has 0 saturated heterocycles. The van der Waals surface area contributed by atoms with E-state index in [1.54, 1.807) is 30.5 Å². The molecular formula is C18H21N3O2. The van der Waals surface area contributed by atoms with Gasteiger partial charge in [0.1, 0.15) is 0 Å². The van der Waals surface area contributed by atoms with Gasteiger partial charge >= 0.3 is 5.97 Å². The van der Waals surface area contributed by atoms with Gasteiger partial charge in [0.2, 0.25) is 0 Å². The van der Waals surface area contributed by atoms with Gasteiger partial charge in [-0.25, -0.2) is 4.79 Å². The minimum atomic E-state index is -0.956. The smallest absolute Gasteiger partial charge is 0.335 e. The van der Waals surface area contributed by atoms with Crippen molar-refractivity contribution in [1.29, 1.82) is 0 Å². The summed E-state index contributed by atoms with van der Waals surface area (Å²) in [5.41, 5.74) is 5.82. The lowest BCUT2D eigenvalue weighted by molar-refractivity contribution is 0.0697. The van der Waals surface area contributed by atoms with Gasteiger partial charge in [-0.2, -0.15) is 5.10 Å². The number of aromatic carboxylic acids is 1. The van der Waals surface area contributed by atoms with Crippen molar-refractivity contribution >= 4 is 23.6 Å². The summed E-state index contributed by atoms with van der Waals surface area (Å²) in [5.74, 6) is -0.956. The van der Waals surface area contributed by atoms with Crippen LogP contribution in [-0.2, 0) is 0 Å². The fraction of sp³-hybridized carbons (Fsp3) is 0.222. The molecule has 0 atom stereocenters. The number of anilines is 2. The number of hydrazone groups is 1. The number of benzene rings is 2. The van der Waals surface area contributed by atoms with Gasteiger partial charge in [-0.05, 0) is 49.7 Å². The molecule has 2 aromatic carbocycles. The topological polar surface area (TPSA) is 64.9 Å². The molecule has 0 unspecified atom stereocenters. The summed E-state index contributed by atoms with van der Waals surface area (Å²) in [6, 6.07) is 15.1. The van der Waals surface area contributed by atoms with E-state index in [2.05, 4.69) is 36.3 Å². The molecule has 23 heavy (non-hydrogen) atoms. The largest absolute Gasteiger partial charge is 0.478 e. The molecule has 2 rings (SSSR count). The predicted octanol–water partition coefficient (Wildman–Crippen LogP) is 3.68. The molecule has 0 heterocycles. The first-order chi connectivity index (χ1) is 11.0. The van der Waals surface area contributed by atoms with Crippen LogP contribution in [0, 0.1) is 0 Å². The number of hydrogen-bond donors (Lipinski definition) is 2. The van der Waals surface area contributed by atoms with Crippen LogP contribution in [0.5, 0.6) is 0 Å². The van der Waals surface area contributed by atoms with E-state index in [0.29, 0.717) is 11.7 Å². The lowest BCUT2D eigenvalue weighted by Crippen LogP contribution is -2.25. The molecule has 0 aromatic heterocycles. The minimum absolute atomic E-state index is 0.228. The lowest BCUT2D eigenvalue weighted by Gasteiger charge is -2.23. The van der Waals surface area contributed by atoms with Gasteiger partial charge in [0.15, 0.2) is 0 Å². The Bertz CT molecular complexity index is 694. The van der Waals surface area contributed by atoms with Crippen LogP contribution in [0.4, 0.5) is 11.4 Å². The Morgan fingerprint density at radius 2 is 1.91 bits per heavy atom. The van der Waals surface area contributed by atoms with Gasteiger partial charge in [0.05, 0.1) is 17.5 Å². The molecule has 0 aliphatic carbocycles. The van der Waals surface area contributed by atoms with Gasteiger partial charge < -0.3 is 10.0 Å². The third-order valence-corrected chi connectivity index (χ3v) is 3.59. The highest BCUT2D eigenvalue weighted by Crippen LogP contribution is 2.15. The van der Waals surface area contributed by atoms with Crippen molar-refractivity contribution < 1.29 is 9.90 Å². The summed E-state index contributed by atoms with van der Waals surface area (Å²) in [6.07, 6.45) is 1.70. The number of nitrogens with one attached hydrogen (secondary N) is 1. The first kappa shape index (κ1) is 16.5. The van der Waals surface area contributed by atoms with E-state index in [-0.39, 0.29) is 5.56 Å². The second-order valence-corrected chi connectivity index (χ2v) is 5.55. The number of hydrogen-bond acceptors (Lipinski definition) is 4. The van der Waals surface area contributed by atoms with E-state index >= 15 is 0 Å². The first-order valence-corrected chi connectivity index (χ1v) is 7.42. The van der Waals surface area contributed by atoms with Crippen LogP contribution >= 0.6 is 0 Å². The minimum Gasteiger partial charge on any atom is -0.478 e. The van der Waals surface area contributed by atoms with E-state index in [4.69, 9.17) is 5.11 Å². The molecule has 0 amide bonds. The molecule has 0 spiro atoms. The quantitative estimate of drug-likeness (QED) is 0.631. The van der Waals surface area contributed by atoms with Gasteiger partial charge in [0.25, 0.3) is 0 Å². The summed E-state index contributed by atoms with van der Waals surface area (Å²) < 4.78 is 0. The maximum Gasteiger partial charge on any atom is 0.335 e. The van der Waals surface area contributed by atoms with Crippen molar-refractivity contribution in [2.45, 2.75) is 19.9 Å². The van der Waals surface area contributed by atoms with E-state index in [9.17, 15) is 4.79 Å². The SMILES string of the molecule is CC(C)N(C)c1ccc(/C=N/Nc2cccc(C(=O)O)c2)cc1. The Morgan fingerprint density at radius 3 is 2.52 bits per heavy atom. The highest BCUT2D eigenvalue weighted by molar-refractivity contribution is 5.89. The van der Waals surface area contributed by atoms with Crippen molar-refractivity contribution in [2.75, 3.05) is 17.4 Å². The lowest BCUT2D eigenvalue weighted by atomic mass is 10.2. The number of carboxylic acids is 1. The Labute approximate surface area is 136 Å². The van der Waals surface area contributed by atoms with Crippen LogP contribution in [0.2, 0.25) is 0 Å². The number of rotatable bonds is 6. The van der Waals surface area contributed by atoms with Gasteiger partial charge in [0, 0.05) is 18.8 Å². The molecular weight excluding hydrogens is 290 g/mol. The van der Waals surface area contributed by atoms with Gasteiger partial charge in [-0.3, -0.25) is 5.43 Å². The Kier molecular flexibility index (Phi) is 5.36. The zero-order chi connectivity index (χ0) is 16.8. The van der Waals surface area contributed by atoms with Crippen molar-refractivity contribution in [1.82, 2.24) is 0 Å². The monoisotopic (exact) mass is 311 g/mol. The van der Waals surface area contributed by atoms with E-state index in [1.807, 2.05) is 24.3 Å². The Morgan fingerprint density at radius 1 is 1.22 bits per heavy atom. The molecule has 0 radical (unpaired) electrons. The fourth-order valence-electron chi connectivity index (χ4n) is 2.00. The number of carbonyl (C=O) groups is 1. The third kappa shape index (κ3) is 4.57. The molecule has 5 heteroatoms. The number of carboxylic acid groups (broad SMARTS) is 1. The van der Waals surface area contributed by atoms with Crippen molar-refractivity contribution in [3.8, 4) is 0 Å². The van der Waals surface area contributed by atoms with Crippen molar-refractivity contribution in [3.63, 3.8) is 0 Å². The van der Waals surface area contributed by atoms with E-state index in [1.165, 1.54) is 0 Å². The fourth-order valence-corrected chi connectivity index (χ4v) is 2.00. The van der Waals surface area contributed by atoms with Crippen LogP contribution in [0.3, 0.4) is 0 Å². The standard InChI is InChI=1S/C18H21N3O2/c1-13(2)21(3)17-9-7-14(8-10-17)12-19-20-16-6-4-5-15(11-16)18(22)23/h4-13,20H,1-3H3,(H,22,23)/b19-12+. The van der Waals surface area contributed by atoms with Crippen LogP contribution in [0.15, 0.2) is 53.6 Å². The van der Waals surface area contributed by atoms with Crippen molar-refractivity contribution in [2.24, 2.45) is 5.10 Å².